The average molecular weight is 292 g/mol. The monoisotopic (exact) mass is 291 g/mol. The van der Waals surface area contributed by atoms with Crippen molar-refractivity contribution in [3.8, 4) is 0 Å². The molecular weight excluding hydrogens is 278 g/mol. The molecule has 0 aromatic carbocycles. The quantitative estimate of drug-likeness (QED) is 0.867. The van der Waals surface area contributed by atoms with Gasteiger partial charge < -0.3 is 4.74 Å². The topological polar surface area (TPSA) is 38.3 Å². The molecule has 0 saturated heterocycles. The van der Waals surface area contributed by atoms with Crippen LogP contribution in [0.25, 0.3) is 0 Å². The van der Waals surface area contributed by atoms with E-state index in [1.165, 1.54) is 12.0 Å². The number of methoxy groups -OCH3 is 1. The minimum Gasteiger partial charge on any atom is -0.468 e. The second-order valence-corrected chi connectivity index (χ2v) is 5.07. The standard InChI is InChI=1S/C10H14BrNO2S/c1-6(9-8(11)4-5-15-9)12-7(2)10(13)14-3/h4-7,12H,1-3H3. The highest BCUT2D eigenvalue weighted by Crippen LogP contribution is 2.28. The Morgan fingerprint density at radius 3 is 2.73 bits per heavy atom. The molecule has 2 unspecified atom stereocenters. The maximum absolute atomic E-state index is 11.2. The number of carbonyl (C=O) groups excluding carboxylic acids is 1. The lowest BCUT2D eigenvalue weighted by molar-refractivity contribution is -0.142. The molecule has 1 aromatic heterocycles. The minimum atomic E-state index is -0.293. The van der Waals surface area contributed by atoms with E-state index in [0.29, 0.717) is 0 Å². The molecule has 5 heteroatoms. The smallest absolute Gasteiger partial charge is 0.322 e. The zero-order chi connectivity index (χ0) is 11.4. The van der Waals surface area contributed by atoms with Crippen LogP contribution in [0.3, 0.4) is 0 Å². The minimum absolute atomic E-state index is 0.133. The van der Waals surface area contributed by atoms with Gasteiger partial charge in [-0.2, -0.15) is 0 Å². The van der Waals surface area contributed by atoms with Gasteiger partial charge in [-0.05, 0) is 41.2 Å². The Morgan fingerprint density at radius 2 is 2.27 bits per heavy atom. The Kier molecular flexibility index (Phi) is 4.76. The van der Waals surface area contributed by atoms with Crippen molar-refractivity contribution < 1.29 is 9.53 Å². The van der Waals surface area contributed by atoms with Gasteiger partial charge in [-0.15, -0.1) is 11.3 Å². The second kappa shape index (κ2) is 5.63. The number of halogens is 1. The van der Waals surface area contributed by atoms with E-state index in [2.05, 4.69) is 26.0 Å². The van der Waals surface area contributed by atoms with Crippen LogP contribution in [-0.2, 0) is 9.53 Å². The lowest BCUT2D eigenvalue weighted by Gasteiger charge is -2.17. The van der Waals surface area contributed by atoms with Crippen molar-refractivity contribution in [1.82, 2.24) is 5.32 Å². The van der Waals surface area contributed by atoms with Gasteiger partial charge in [-0.3, -0.25) is 10.1 Å². The largest absolute Gasteiger partial charge is 0.468 e. The molecule has 0 amide bonds. The molecular formula is C10H14BrNO2S. The first kappa shape index (κ1) is 12.7. The molecule has 84 valence electrons. The van der Waals surface area contributed by atoms with Crippen LogP contribution in [-0.4, -0.2) is 19.1 Å². The summed E-state index contributed by atoms with van der Waals surface area (Å²) in [6, 6.07) is 1.84. The summed E-state index contributed by atoms with van der Waals surface area (Å²) in [6.45, 7) is 3.82. The van der Waals surface area contributed by atoms with E-state index in [-0.39, 0.29) is 18.1 Å². The van der Waals surface area contributed by atoms with Gasteiger partial charge in [0.25, 0.3) is 0 Å². The summed E-state index contributed by atoms with van der Waals surface area (Å²) >= 11 is 5.12. The number of hydrogen-bond donors (Lipinski definition) is 1. The van der Waals surface area contributed by atoms with Crippen molar-refractivity contribution >= 4 is 33.2 Å². The molecule has 0 aliphatic rings. The fourth-order valence-electron chi connectivity index (χ4n) is 1.31. The summed E-state index contributed by atoms with van der Waals surface area (Å²) < 4.78 is 5.72. The van der Waals surface area contributed by atoms with Gasteiger partial charge in [0.15, 0.2) is 0 Å². The van der Waals surface area contributed by atoms with Crippen molar-refractivity contribution in [2.75, 3.05) is 7.11 Å². The molecule has 0 aliphatic heterocycles. The third-order valence-electron chi connectivity index (χ3n) is 2.09. The molecule has 2 atom stereocenters. The average Bonchev–Trinajstić information content (AvgIpc) is 2.63. The SMILES string of the molecule is COC(=O)C(C)NC(C)c1sccc1Br. The van der Waals surface area contributed by atoms with Gasteiger partial charge in [0.05, 0.1) is 7.11 Å². The fourth-order valence-corrected chi connectivity index (χ4v) is 3.04. The normalized spacial score (nSPS) is 14.7. The van der Waals surface area contributed by atoms with Gasteiger partial charge in [0.1, 0.15) is 6.04 Å². The first-order chi connectivity index (χ1) is 7.06. The van der Waals surface area contributed by atoms with E-state index in [9.17, 15) is 4.79 Å². The van der Waals surface area contributed by atoms with Crippen molar-refractivity contribution in [3.05, 3.63) is 20.8 Å². The zero-order valence-corrected chi connectivity index (χ0v) is 11.3. The number of thiophene rings is 1. The van der Waals surface area contributed by atoms with Crippen molar-refractivity contribution in [2.24, 2.45) is 0 Å². The van der Waals surface area contributed by atoms with E-state index in [4.69, 9.17) is 0 Å². The second-order valence-electron chi connectivity index (χ2n) is 3.27. The van der Waals surface area contributed by atoms with E-state index in [1.54, 1.807) is 18.3 Å². The molecule has 0 fully saturated rings. The van der Waals surface area contributed by atoms with Crippen molar-refractivity contribution in [1.29, 1.82) is 0 Å². The number of hydrogen-bond acceptors (Lipinski definition) is 4. The molecule has 1 N–H and O–H groups in total. The maximum atomic E-state index is 11.2. The molecule has 0 bridgehead atoms. The van der Waals surface area contributed by atoms with Crippen LogP contribution in [0.5, 0.6) is 0 Å². The van der Waals surface area contributed by atoms with Gasteiger partial charge in [-0.25, -0.2) is 0 Å². The molecule has 1 rings (SSSR count). The molecule has 3 nitrogen and oxygen atoms in total. The van der Waals surface area contributed by atoms with Gasteiger partial charge in [0.2, 0.25) is 0 Å². The first-order valence-corrected chi connectivity index (χ1v) is 6.30. The summed E-state index contributed by atoms with van der Waals surface area (Å²) in [7, 11) is 1.40. The Bertz CT molecular complexity index is 340. The summed E-state index contributed by atoms with van der Waals surface area (Å²) in [5.74, 6) is -0.241. The van der Waals surface area contributed by atoms with Crippen LogP contribution in [0.2, 0.25) is 0 Å². The molecule has 0 spiro atoms. The third-order valence-corrected chi connectivity index (χ3v) is 4.15. The number of ether oxygens (including phenoxy) is 1. The molecule has 1 heterocycles. The number of nitrogens with one attached hydrogen (secondary N) is 1. The summed E-state index contributed by atoms with van der Waals surface area (Å²) in [6.07, 6.45) is 0. The predicted octanol–water partition coefficient (Wildman–Crippen LogP) is 2.72. The summed E-state index contributed by atoms with van der Waals surface area (Å²) in [4.78, 5) is 12.4. The highest BCUT2D eigenvalue weighted by Gasteiger charge is 2.18. The highest BCUT2D eigenvalue weighted by atomic mass is 79.9. The zero-order valence-electron chi connectivity index (χ0n) is 8.91. The Labute approximate surface area is 102 Å². The number of esters is 1. The maximum Gasteiger partial charge on any atom is 0.322 e. The Morgan fingerprint density at radius 1 is 1.60 bits per heavy atom. The summed E-state index contributed by atoms with van der Waals surface area (Å²) in [5.41, 5.74) is 0. The van der Waals surface area contributed by atoms with E-state index >= 15 is 0 Å². The van der Waals surface area contributed by atoms with Crippen LogP contribution < -0.4 is 5.32 Å². The van der Waals surface area contributed by atoms with Gasteiger partial charge in [-0.1, -0.05) is 0 Å². The number of rotatable bonds is 4. The third kappa shape index (κ3) is 3.29. The van der Waals surface area contributed by atoms with Crippen LogP contribution in [0, 0.1) is 0 Å². The van der Waals surface area contributed by atoms with E-state index in [1.807, 2.05) is 18.4 Å². The summed E-state index contributed by atoms with van der Waals surface area (Å²) in [5, 5.41) is 5.19. The molecule has 0 radical (unpaired) electrons. The van der Waals surface area contributed by atoms with Gasteiger partial charge >= 0.3 is 5.97 Å². The predicted molar refractivity (Wildman–Crippen MR) is 65.0 cm³/mol. The van der Waals surface area contributed by atoms with Crippen LogP contribution in [0.15, 0.2) is 15.9 Å². The van der Waals surface area contributed by atoms with Crippen LogP contribution >= 0.6 is 27.3 Å². The Balaban J connectivity index is 2.60. The lowest BCUT2D eigenvalue weighted by Crippen LogP contribution is -2.36. The molecule has 0 aliphatic carbocycles. The van der Waals surface area contributed by atoms with Crippen molar-refractivity contribution in [2.45, 2.75) is 25.9 Å². The fraction of sp³-hybridized carbons (Fsp3) is 0.500. The van der Waals surface area contributed by atoms with E-state index < -0.39 is 0 Å². The van der Waals surface area contributed by atoms with E-state index in [0.717, 1.165) is 4.47 Å². The lowest BCUT2D eigenvalue weighted by atomic mass is 10.2. The Hall–Kier alpha value is -0.390. The number of carbonyl (C=O) groups is 1. The molecule has 15 heavy (non-hydrogen) atoms. The molecule has 0 saturated carbocycles. The van der Waals surface area contributed by atoms with Crippen molar-refractivity contribution in [3.63, 3.8) is 0 Å². The van der Waals surface area contributed by atoms with Crippen LogP contribution in [0.1, 0.15) is 24.8 Å². The highest BCUT2D eigenvalue weighted by molar-refractivity contribution is 9.10. The van der Waals surface area contributed by atoms with Gasteiger partial charge in [0, 0.05) is 15.4 Å². The first-order valence-electron chi connectivity index (χ1n) is 4.63. The van der Waals surface area contributed by atoms with Crippen LogP contribution in [0.4, 0.5) is 0 Å². The molecule has 1 aromatic rings.